The first-order valence-electron chi connectivity index (χ1n) is 7.61. The first-order chi connectivity index (χ1) is 11.6. The lowest BCUT2D eigenvalue weighted by atomic mass is 10.1. The molecule has 0 bridgehead atoms. The van der Waals surface area contributed by atoms with Gasteiger partial charge in [-0.2, -0.15) is 5.10 Å². The van der Waals surface area contributed by atoms with Gasteiger partial charge in [0.2, 0.25) is 0 Å². The largest absolute Gasteiger partial charge is 0.497 e. The molecule has 0 aliphatic rings. The van der Waals surface area contributed by atoms with E-state index in [0.717, 1.165) is 33.6 Å². The molecule has 24 heavy (non-hydrogen) atoms. The number of anilines is 1. The van der Waals surface area contributed by atoms with Gasteiger partial charge in [0.15, 0.2) is 0 Å². The molecule has 2 aromatic rings. The number of amides is 1. The molecule has 2 aromatic carbocycles. The molecule has 5 nitrogen and oxygen atoms in total. The van der Waals surface area contributed by atoms with Gasteiger partial charge in [0.1, 0.15) is 5.75 Å². The second-order valence-corrected chi connectivity index (χ2v) is 5.95. The van der Waals surface area contributed by atoms with Crippen molar-refractivity contribution >= 4 is 33.2 Å². The Labute approximate surface area is 150 Å². The number of benzene rings is 2. The molecule has 0 saturated heterocycles. The van der Waals surface area contributed by atoms with Crippen molar-refractivity contribution in [3.8, 4) is 5.75 Å². The standard InChI is InChI=1S/C18H20BrN3O2/c1-3-17(13-4-6-14(19)7-5-13)21-22-18(23)12-20-15-8-10-16(24-2)11-9-15/h4-11,20H,3,12H2,1-2H3,(H,22,23)/b21-17-. The summed E-state index contributed by atoms with van der Waals surface area (Å²) in [5, 5.41) is 7.27. The van der Waals surface area contributed by atoms with Crippen LogP contribution in [0.25, 0.3) is 0 Å². The van der Waals surface area contributed by atoms with E-state index in [1.54, 1.807) is 7.11 Å². The zero-order valence-corrected chi connectivity index (χ0v) is 15.3. The Morgan fingerprint density at radius 1 is 1.12 bits per heavy atom. The van der Waals surface area contributed by atoms with Crippen molar-refractivity contribution in [2.45, 2.75) is 13.3 Å². The molecule has 2 rings (SSSR count). The van der Waals surface area contributed by atoms with E-state index >= 15 is 0 Å². The van der Waals surface area contributed by atoms with Crippen molar-refractivity contribution in [1.29, 1.82) is 0 Å². The minimum absolute atomic E-state index is 0.146. The summed E-state index contributed by atoms with van der Waals surface area (Å²) in [6, 6.07) is 15.2. The molecule has 0 aliphatic heterocycles. The van der Waals surface area contributed by atoms with Gasteiger partial charge in [-0.1, -0.05) is 35.0 Å². The van der Waals surface area contributed by atoms with Crippen LogP contribution in [0.4, 0.5) is 5.69 Å². The van der Waals surface area contributed by atoms with Crippen molar-refractivity contribution in [2.24, 2.45) is 5.10 Å². The molecular formula is C18H20BrN3O2. The number of nitrogens with zero attached hydrogens (tertiary/aromatic N) is 1. The monoisotopic (exact) mass is 389 g/mol. The van der Waals surface area contributed by atoms with Gasteiger partial charge in [-0.25, -0.2) is 5.43 Å². The topological polar surface area (TPSA) is 62.7 Å². The molecule has 6 heteroatoms. The molecule has 0 aromatic heterocycles. The van der Waals surface area contributed by atoms with E-state index in [-0.39, 0.29) is 12.5 Å². The second kappa shape index (κ2) is 9.08. The van der Waals surface area contributed by atoms with Crippen LogP contribution in [0.3, 0.4) is 0 Å². The molecular weight excluding hydrogens is 370 g/mol. The Bertz CT molecular complexity index is 697. The van der Waals surface area contributed by atoms with Gasteiger partial charge >= 0.3 is 0 Å². The first-order valence-corrected chi connectivity index (χ1v) is 8.41. The van der Waals surface area contributed by atoms with Crippen molar-refractivity contribution in [2.75, 3.05) is 19.0 Å². The minimum atomic E-state index is -0.200. The first kappa shape index (κ1) is 18.0. The van der Waals surface area contributed by atoms with Crippen molar-refractivity contribution in [1.82, 2.24) is 5.43 Å². The van der Waals surface area contributed by atoms with Crippen molar-refractivity contribution < 1.29 is 9.53 Å². The summed E-state index contributed by atoms with van der Waals surface area (Å²) in [6.07, 6.45) is 0.730. The molecule has 0 saturated carbocycles. The van der Waals surface area contributed by atoms with Gasteiger partial charge in [0, 0.05) is 10.2 Å². The Hall–Kier alpha value is -2.34. The summed E-state index contributed by atoms with van der Waals surface area (Å²) < 4.78 is 6.10. The number of hydrazone groups is 1. The van der Waals surface area contributed by atoms with Crippen LogP contribution >= 0.6 is 15.9 Å². The summed E-state index contributed by atoms with van der Waals surface area (Å²) in [7, 11) is 1.62. The number of hydrogen-bond donors (Lipinski definition) is 2. The molecule has 0 unspecified atom stereocenters. The van der Waals surface area contributed by atoms with Gasteiger partial charge in [0.25, 0.3) is 5.91 Å². The van der Waals surface area contributed by atoms with Crippen LogP contribution in [-0.2, 0) is 4.79 Å². The molecule has 2 N–H and O–H groups in total. The molecule has 0 fully saturated rings. The number of hydrogen-bond acceptors (Lipinski definition) is 4. The maximum atomic E-state index is 11.9. The summed E-state index contributed by atoms with van der Waals surface area (Å²) in [5.41, 5.74) is 5.26. The number of carbonyl (C=O) groups is 1. The summed E-state index contributed by atoms with van der Waals surface area (Å²) in [6.45, 7) is 2.15. The maximum absolute atomic E-state index is 11.9. The molecule has 0 heterocycles. The predicted molar refractivity (Wildman–Crippen MR) is 101 cm³/mol. The highest BCUT2D eigenvalue weighted by molar-refractivity contribution is 9.10. The maximum Gasteiger partial charge on any atom is 0.259 e. The number of methoxy groups -OCH3 is 1. The van der Waals surface area contributed by atoms with Crippen LogP contribution in [0.5, 0.6) is 5.75 Å². The number of halogens is 1. The fourth-order valence-corrected chi connectivity index (χ4v) is 2.31. The number of rotatable bonds is 7. The minimum Gasteiger partial charge on any atom is -0.497 e. The Balaban J connectivity index is 1.89. The fourth-order valence-electron chi connectivity index (χ4n) is 2.05. The Morgan fingerprint density at radius 3 is 2.38 bits per heavy atom. The summed E-state index contributed by atoms with van der Waals surface area (Å²) in [4.78, 5) is 11.9. The van der Waals surface area contributed by atoms with Gasteiger partial charge in [-0.05, 0) is 48.4 Å². The number of ether oxygens (including phenoxy) is 1. The molecule has 1 amide bonds. The van der Waals surface area contributed by atoms with Gasteiger partial charge < -0.3 is 10.1 Å². The highest BCUT2D eigenvalue weighted by atomic mass is 79.9. The lowest BCUT2D eigenvalue weighted by Crippen LogP contribution is -2.27. The SMILES string of the molecule is CC/C(=N/NC(=O)CNc1ccc(OC)cc1)c1ccc(Br)cc1. The Kier molecular flexibility index (Phi) is 6.81. The fraction of sp³-hybridized carbons (Fsp3) is 0.222. The average Bonchev–Trinajstić information content (AvgIpc) is 2.62. The van der Waals surface area contributed by atoms with E-state index in [1.807, 2.05) is 55.5 Å². The lowest BCUT2D eigenvalue weighted by Gasteiger charge is -2.08. The van der Waals surface area contributed by atoms with Crippen molar-refractivity contribution in [3.63, 3.8) is 0 Å². The van der Waals surface area contributed by atoms with Crippen LogP contribution < -0.4 is 15.5 Å². The van der Waals surface area contributed by atoms with E-state index < -0.39 is 0 Å². The quantitative estimate of drug-likeness (QED) is 0.559. The van der Waals surface area contributed by atoms with Crippen LogP contribution in [0, 0.1) is 0 Å². The smallest absolute Gasteiger partial charge is 0.259 e. The molecule has 0 spiro atoms. The predicted octanol–water partition coefficient (Wildman–Crippen LogP) is 3.80. The zero-order valence-electron chi connectivity index (χ0n) is 13.7. The third-order valence-electron chi connectivity index (χ3n) is 3.37. The summed E-state index contributed by atoms with van der Waals surface area (Å²) >= 11 is 3.40. The number of carbonyl (C=O) groups excluding carboxylic acids is 1. The van der Waals surface area contributed by atoms with Crippen LogP contribution in [-0.4, -0.2) is 25.3 Å². The summed E-state index contributed by atoms with van der Waals surface area (Å²) in [5.74, 6) is 0.575. The Morgan fingerprint density at radius 2 is 1.79 bits per heavy atom. The van der Waals surface area contributed by atoms with Crippen LogP contribution in [0.1, 0.15) is 18.9 Å². The van der Waals surface area contributed by atoms with Crippen molar-refractivity contribution in [3.05, 3.63) is 58.6 Å². The third-order valence-corrected chi connectivity index (χ3v) is 3.90. The van der Waals surface area contributed by atoms with Gasteiger partial charge in [-0.3, -0.25) is 4.79 Å². The van der Waals surface area contributed by atoms with E-state index in [1.165, 1.54) is 0 Å². The highest BCUT2D eigenvalue weighted by Gasteiger charge is 2.04. The van der Waals surface area contributed by atoms with Gasteiger partial charge in [0.05, 0.1) is 19.4 Å². The lowest BCUT2D eigenvalue weighted by molar-refractivity contribution is -0.119. The van der Waals surface area contributed by atoms with E-state index in [0.29, 0.717) is 0 Å². The highest BCUT2D eigenvalue weighted by Crippen LogP contribution is 2.14. The van der Waals surface area contributed by atoms with E-state index in [2.05, 4.69) is 31.8 Å². The van der Waals surface area contributed by atoms with Gasteiger partial charge in [-0.15, -0.1) is 0 Å². The molecule has 126 valence electrons. The normalized spacial score (nSPS) is 11.0. The molecule has 0 radical (unpaired) electrons. The van der Waals surface area contributed by atoms with Crippen LogP contribution in [0.2, 0.25) is 0 Å². The van der Waals surface area contributed by atoms with E-state index in [4.69, 9.17) is 4.74 Å². The molecule has 0 aliphatic carbocycles. The van der Waals surface area contributed by atoms with E-state index in [9.17, 15) is 4.79 Å². The zero-order chi connectivity index (χ0) is 17.4. The second-order valence-electron chi connectivity index (χ2n) is 5.04. The third kappa shape index (κ3) is 5.38. The number of nitrogens with one attached hydrogen (secondary N) is 2. The van der Waals surface area contributed by atoms with Crippen LogP contribution in [0.15, 0.2) is 58.1 Å². The average molecular weight is 390 g/mol. The molecule has 0 atom stereocenters.